The van der Waals surface area contributed by atoms with Crippen molar-refractivity contribution in [2.24, 2.45) is 5.73 Å². The predicted octanol–water partition coefficient (Wildman–Crippen LogP) is 2.44. The number of carbonyl (C=O) groups is 1. The van der Waals surface area contributed by atoms with Crippen LogP contribution in [0.5, 0.6) is 0 Å². The Hall–Kier alpha value is -3.11. The Kier molecular flexibility index (Phi) is 4.89. The van der Waals surface area contributed by atoms with Crippen molar-refractivity contribution in [1.29, 1.82) is 0 Å². The van der Waals surface area contributed by atoms with E-state index in [1.165, 1.54) is 6.07 Å². The molecule has 7 nitrogen and oxygen atoms in total. The molecule has 0 aliphatic carbocycles. The van der Waals surface area contributed by atoms with E-state index in [4.69, 9.17) is 5.73 Å². The predicted molar refractivity (Wildman–Crippen MR) is 98.8 cm³/mol. The van der Waals surface area contributed by atoms with Crippen molar-refractivity contribution in [3.63, 3.8) is 0 Å². The minimum absolute atomic E-state index is 0.115. The molecule has 10 heteroatoms. The third-order valence-electron chi connectivity index (χ3n) is 4.54. The smallest absolute Gasteiger partial charge is 0.357 e. The van der Waals surface area contributed by atoms with Crippen LogP contribution in [-0.4, -0.2) is 46.3 Å². The third-order valence-corrected chi connectivity index (χ3v) is 4.54. The van der Waals surface area contributed by atoms with E-state index in [9.17, 15) is 18.0 Å². The Balaban J connectivity index is 1.68. The molecule has 1 amide bonds. The van der Waals surface area contributed by atoms with Crippen molar-refractivity contribution in [1.82, 2.24) is 15.0 Å². The van der Waals surface area contributed by atoms with Crippen molar-refractivity contribution in [3.8, 4) is 11.4 Å². The van der Waals surface area contributed by atoms with Crippen LogP contribution in [0.15, 0.2) is 42.6 Å². The number of hydrogen-bond donors (Lipinski definition) is 1. The lowest BCUT2D eigenvalue weighted by molar-refractivity contribution is -0.221. The first-order valence-corrected chi connectivity index (χ1v) is 8.77. The highest BCUT2D eigenvalue weighted by Crippen LogP contribution is 2.29. The Bertz CT molecular complexity index is 1070. The van der Waals surface area contributed by atoms with Gasteiger partial charge in [-0.25, -0.2) is 9.97 Å². The largest absolute Gasteiger partial charge is 0.416 e. The molecule has 1 unspecified atom stereocenters. The van der Waals surface area contributed by atoms with Gasteiger partial charge in [-0.05, 0) is 30.3 Å². The maximum absolute atomic E-state index is 13.0. The molecule has 0 radical (unpaired) electrons. The van der Waals surface area contributed by atoms with Crippen LogP contribution in [0.25, 0.3) is 22.3 Å². The summed E-state index contributed by atoms with van der Waals surface area (Å²) >= 11 is 0. The van der Waals surface area contributed by atoms with E-state index in [0.29, 0.717) is 22.6 Å². The number of amides is 1. The number of fused-ring (bicyclic) bond motifs is 1. The first-order valence-electron chi connectivity index (χ1n) is 8.77. The fourth-order valence-electron chi connectivity index (χ4n) is 3.02. The molecule has 150 valence electrons. The molecule has 4 heterocycles. The quantitative estimate of drug-likeness (QED) is 0.722. The Labute approximate surface area is 163 Å². The molecule has 1 atom stereocenters. The van der Waals surface area contributed by atoms with Gasteiger partial charge < -0.3 is 10.5 Å². The summed E-state index contributed by atoms with van der Waals surface area (Å²) in [5, 5.41) is 0.818. The van der Waals surface area contributed by atoms with Crippen LogP contribution in [0.1, 0.15) is 5.69 Å². The average molecular weight is 403 g/mol. The summed E-state index contributed by atoms with van der Waals surface area (Å²) in [4.78, 5) is 26.2. The van der Waals surface area contributed by atoms with Crippen molar-refractivity contribution < 1.29 is 22.7 Å². The number of aromatic nitrogens is 3. The number of hydrogen-bond acceptors (Lipinski definition) is 6. The second kappa shape index (κ2) is 7.37. The summed E-state index contributed by atoms with van der Waals surface area (Å²) in [7, 11) is 0. The van der Waals surface area contributed by atoms with Gasteiger partial charge >= 0.3 is 6.18 Å². The summed E-state index contributed by atoms with van der Waals surface area (Å²) in [6.07, 6.45) is -4.95. The van der Waals surface area contributed by atoms with Gasteiger partial charge in [0.25, 0.3) is 5.91 Å². The number of morpholine rings is 1. The monoisotopic (exact) mass is 403 g/mol. The number of alkyl halides is 3. The van der Waals surface area contributed by atoms with Gasteiger partial charge in [-0.15, -0.1) is 0 Å². The topological polar surface area (TPSA) is 94.2 Å². The van der Waals surface area contributed by atoms with Gasteiger partial charge in [0.05, 0.1) is 29.1 Å². The van der Waals surface area contributed by atoms with Crippen LogP contribution in [0.2, 0.25) is 0 Å². The number of carbonyl (C=O) groups excluding carboxylic acids is 1. The number of nitrogens with two attached hydrogens (primary N) is 1. The standard InChI is InChI=1S/C19H16F3N5O2/c20-19(21,22)16-9-27(18(28)10-29-16)17-3-1-2-13(26-17)14-5-4-11-8-24-12(7-23)6-15(11)25-14/h1-6,8,16H,7,9-10,23H2. The molecule has 1 aliphatic heterocycles. The lowest BCUT2D eigenvalue weighted by Gasteiger charge is -2.33. The number of ether oxygens (including phenoxy) is 1. The van der Waals surface area contributed by atoms with E-state index in [-0.39, 0.29) is 12.4 Å². The second-order valence-corrected chi connectivity index (χ2v) is 6.50. The molecule has 0 spiro atoms. The van der Waals surface area contributed by atoms with Gasteiger partial charge in [0.1, 0.15) is 12.4 Å². The summed E-state index contributed by atoms with van der Waals surface area (Å²) in [6, 6.07) is 10.1. The maximum atomic E-state index is 13.0. The van der Waals surface area contributed by atoms with E-state index >= 15 is 0 Å². The molecule has 29 heavy (non-hydrogen) atoms. The normalized spacial score (nSPS) is 17.7. The lowest BCUT2D eigenvalue weighted by Crippen LogP contribution is -2.52. The fraction of sp³-hybridized carbons (Fsp3) is 0.263. The third kappa shape index (κ3) is 3.89. The van der Waals surface area contributed by atoms with Gasteiger partial charge in [0.15, 0.2) is 6.10 Å². The number of rotatable bonds is 3. The highest BCUT2D eigenvalue weighted by Gasteiger charge is 2.45. The van der Waals surface area contributed by atoms with Crippen LogP contribution in [0.3, 0.4) is 0 Å². The maximum Gasteiger partial charge on any atom is 0.416 e. The Morgan fingerprint density at radius 2 is 1.97 bits per heavy atom. The number of pyridine rings is 3. The van der Waals surface area contributed by atoms with E-state index in [1.54, 1.807) is 30.5 Å². The van der Waals surface area contributed by atoms with E-state index in [1.807, 2.05) is 6.07 Å². The van der Waals surface area contributed by atoms with Crippen molar-refractivity contribution in [2.45, 2.75) is 18.8 Å². The zero-order valence-electron chi connectivity index (χ0n) is 15.1. The van der Waals surface area contributed by atoms with Crippen LogP contribution >= 0.6 is 0 Å². The molecule has 1 saturated heterocycles. The number of anilines is 1. The van der Waals surface area contributed by atoms with Crippen molar-refractivity contribution in [3.05, 3.63) is 48.3 Å². The molecule has 3 aromatic rings. The minimum Gasteiger partial charge on any atom is -0.357 e. The molecule has 4 rings (SSSR count). The second-order valence-electron chi connectivity index (χ2n) is 6.50. The van der Waals surface area contributed by atoms with Crippen molar-refractivity contribution in [2.75, 3.05) is 18.1 Å². The molecule has 0 aromatic carbocycles. The van der Waals surface area contributed by atoms with Crippen LogP contribution < -0.4 is 10.6 Å². The molecule has 2 N–H and O–H groups in total. The van der Waals surface area contributed by atoms with Gasteiger partial charge in [-0.1, -0.05) is 6.07 Å². The summed E-state index contributed by atoms with van der Waals surface area (Å²) in [5.74, 6) is -0.468. The SMILES string of the molecule is NCc1cc2nc(-c3cccc(N4CC(C(F)(F)F)OCC4=O)n3)ccc2cn1. The first-order chi connectivity index (χ1) is 13.8. The number of halogens is 3. The first kappa shape index (κ1) is 19.2. The van der Waals surface area contributed by atoms with Crippen molar-refractivity contribution >= 4 is 22.6 Å². The summed E-state index contributed by atoms with van der Waals surface area (Å²) in [6.45, 7) is -1.02. The summed E-state index contributed by atoms with van der Waals surface area (Å²) < 4.78 is 43.6. The van der Waals surface area contributed by atoms with Crippen LogP contribution in [0, 0.1) is 0 Å². The average Bonchev–Trinajstić information content (AvgIpc) is 2.72. The zero-order valence-corrected chi connectivity index (χ0v) is 15.1. The Morgan fingerprint density at radius 1 is 1.17 bits per heavy atom. The van der Waals surface area contributed by atoms with E-state index < -0.39 is 31.3 Å². The fourth-order valence-corrected chi connectivity index (χ4v) is 3.02. The Morgan fingerprint density at radius 3 is 2.72 bits per heavy atom. The highest BCUT2D eigenvalue weighted by atomic mass is 19.4. The summed E-state index contributed by atoms with van der Waals surface area (Å²) in [5.41, 5.74) is 7.91. The van der Waals surface area contributed by atoms with E-state index in [0.717, 1.165) is 10.3 Å². The van der Waals surface area contributed by atoms with Gasteiger partial charge in [0.2, 0.25) is 0 Å². The molecular weight excluding hydrogens is 387 g/mol. The molecule has 3 aromatic heterocycles. The van der Waals surface area contributed by atoms with Crippen LogP contribution in [-0.2, 0) is 16.1 Å². The van der Waals surface area contributed by atoms with Gasteiger partial charge in [0, 0.05) is 18.1 Å². The van der Waals surface area contributed by atoms with Crippen LogP contribution in [0.4, 0.5) is 19.0 Å². The lowest BCUT2D eigenvalue weighted by atomic mass is 10.2. The highest BCUT2D eigenvalue weighted by molar-refractivity contribution is 5.94. The zero-order chi connectivity index (χ0) is 20.6. The molecule has 0 bridgehead atoms. The van der Waals surface area contributed by atoms with Gasteiger partial charge in [-0.3, -0.25) is 14.7 Å². The number of nitrogens with zero attached hydrogens (tertiary/aromatic N) is 4. The molecule has 1 aliphatic rings. The molecular formula is C19H16F3N5O2. The molecule has 0 saturated carbocycles. The molecule has 1 fully saturated rings. The van der Waals surface area contributed by atoms with E-state index in [2.05, 4.69) is 19.7 Å². The minimum atomic E-state index is -4.56. The van der Waals surface area contributed by atoms with Gasteiger partial charge in [-0.2, -0.15) is 13.2 Å².